The summed E-state index contributed by atoms with van der Waals surface area (Å²) in [4.78, 5) is 4.34. The van der Waals surface area contributed by atoms with E-state index in [2.05, 4.69) is 9.36 Å². The second kappa shape index (κ2) is 3.40. The lowest BCUT2D eigenvalue weighted by Crippen LogP contribution is -2.23. The minimum Gasteiger partial charge on any atom is -0.388 e. The van der Waals surface area contributed by atoms with Crippen LogP contribution in [0.1, 0.15) is 25.8 Å². The summed E-state index contributed by atoms with van der Waals surface area (Å²) in [6.07, 6.45) is 7.28. The zero-order chi connectivity index (χ0) is 11.2. The van der Waals surface area contributed by atoms with Crippen molar-refractivity contribution < 1.29 is 5.11 Å². The van der Waals surface area contributed by atoms with Gasteiger partial charge in [-0.1, -0.05) is 0 Å². The second-order valence-corrected chi connectivity index (χ2v) is 5.01. The Morgan fingerprint density at radius 3 is 3.00 bits per heavy atom. The Balaban J connectivity index is 1.99. The van der Waals surface area contributed by atoms with Gasteiger partial charge in [-0.2, -0.15) is 0 Å². The smallest absolute Gasteiger partial charge is 0.142 e. The summed E-state index contributed by atoms with van der Waals surface area (Å²) in [7, 11) is 0. The molecular weight excluding hydrogens is 222 g/mol. The molecule has 2 aromatic heterocycles. The highest BCUT2D eigenvalue weighted by atomic mass is 32.1. The van der Waals surface area contributed by atoms with Gasteiger partial charge >= 0.3 is 0 Å². The molecule has 1 aliphatic rings. The lowest BCUT2D eigenvalue weighted by atomic mass is 10.1. The molecule has 1 unspecified atom stereocenters. The molecule has 16 heavy (non-hydrogen) atoms. The fourth-order valence-corrected chi connectivity index (χ4v) is 2.48. The van der Waals surface area contributed by atoms with E-state index in [0.29, 0.717) is 0 Å². The van der Waals surface area contributed by atoms with Crippen LogP contribution in [0.15, 0.2) is 24.0 Å². The Morgan fingerprint density at radius 1 is 1.56 bits per heavy atom. The molecule has 0 amide bonds. The number of aliphatic hydroxyl groups is 1. The first-order valence-electron chi connectivity index (χ1n) is 5.36. The van der Waals surface area contributed by atoms with Crippen molar-refractivity contribution in [3.63, 3.8) is 0 Å². The molecule has 1 saturated carbocycles. The Hall–Kier alpha value is -1.20. The number of nitrogens with zero attached hydrogens (tertiary/aromatic N) is 3. The zero-order valence-corrected chi connectivity index (χ0v) is 9.81. The van der Waals surface area contributed by atoms with Gasteiger partial charge in [0.25, 0.3) is 0 Å². The maximum absolute atomic E-state index is 10.1. The second-order valence-electron chi connectivity index (χ2n) is 4.35. The van der Waals surface area contributed by atoms with E-state index >= 15 is 0 Å². The SMILES string of the molecule is CC(n1ccnc1-c1cnsc1)C1(O)CC1. The summed E-state index contributed by atoms with van der Waals surface area (Å²) in [6.45, 7) is 2.04. The first kappa shape index (κ1) is 9.99. The van der Waals surface area contributed by atoms with Gasteiger partial charge < -0.3 is 9.67 Å². The fourth-order valence-electron chi connectivity index (χ4n) is 1.97. The monoisotopic (exact) mass is 235 g/mol. The number of aromatic nitrogens is 3. The van der Waals surface area contributed by atoms with Crippen molar-refractivity contribution in [3.8, 4) is 11.4 Å². The summed E-state index contributed by atoms with van der Waals surface area (Å²) in [5.74, 6) is 0.890. The lowest BCUT2D eigenvalue weighted by Gasteiger charge is -2.21. The van der Waals surface area contributed by atoms with E-state index in [4.69, 9.17) is 0 Å². The summed E-state index contributed by atoms with van der Waals surface area (Å²) in [5.41, 5.74) is 0.491. The highest BCUT2D eigenvalue weighted by Gasteiger charge is 2.46. The number of imidazole rings is 1. The van der Waals surface area contributed by atoms with Gasteiger partial charge in [0.05, 0.1) is 17.8 Å². The number of rotatable bonds is 3. The first-order valence-corrected chi connectivity index (χ1v) is 6.19. The average molecular weight is 235 g/mol. The van der Waals surface area contributed by atoms with Crippen LogP contribution in [0.4, 0.5) is 0 Å². The summed E-state index contributed by atoms with van der Waals surface area (Å²) in [5, 5.41) is 12.1. The third-order valence-electron chi connectivity index (χ3n) is 3.32. The Kier molecular flexibility index (Phi) is 2.12. The van der Waals surface area contributed by atoms with Crippen LogP contribution in [0.3, 0.4) is 0 Å². The summed E-state index contributed by atoms with van der Waals surface area (Å²) < 4.78 is 6.12. The van der Waals surface area contributed by atoms with Gasteiger partial charge in [-0.25, -0.2) is 9.36 Å². The highest BCUT2D eigenvalue weighted by molar-refractivity contribution is 7.03. The molecule has 5 heteroatoms. The van der Waals surface area contributed by atoms with Gasteiger partial charge in [0.15, 0.2) is 0 Å². The molecule has 0 aromatic carbocycles. The molecular formula is C11H13N3OS. The molecule has 0 spiro atoms. The van der Waals surface area contributed by atoms with E-state index in [1.54, 1.807) is 6.20 Å². The molecule has 1 aliphatic carbocycles. The fraction of sp³-hybridized carbons (Fsp3) is 0.455. The number of hydrogen-bond acceptors (Lipinski definition) is 4. The number of hydrogen-bond donors (Lipinski definition) is 1. The van der Waals surface area contributed by atoms with Crippen LogP contribution in [-0.4, -0.2) is 24.6 Å². The van der Waals surface area contributed by atoms with E-state index in [-0.39, 0.29) is 6.04 Å². The maximum Gasteiger partial charge on any atom is 0.142 e. The van der Waals surface area contributed by atoms with Crippen LogP contribution in [0.2, 0.25) is 0 Å². The Morgan fingerprint density at radius 2 is 2.38 bits per heavy atom. The maximum atomic E-state index is 10.1. The molecule has 1 atom stereocenters. The van der Waals surface area contributed by atoms with Gasteiger partial charge in [-0.15, -0.1) is 0 Å². The van der Waals surface area contributed by atoms with E-state index in [9.17, 15) is 5.11 Å². The Labute approximate surface area is 97.7 Å². The topological polar surface area (TPSA) is 50.9 Å². The molecule has 1 fully saturated rings. The molecule has 84 valence electrons. The quantitative estimate of drug-likeness (QED) is 0.886. The van der Waals surface area contributed by atoms with E-state index in [1.165, 1.54) is 11.5 Å². The Bertz CT molecular complexity index is 487. The zero-order valence-electron chi connectivity index (χ0n) is 9.00. The highest BCUT2D eigenvalue weighted by Crippen LogP contribution is 2.45. The van der Waals surface area contributed by atoms with Crippen LogP contribution < -0.4 is 0 Å². The first-order chi connectivity index (χ1) is 7.71. The van der Waals surface area contributed by atoms with Crippen LogP contribution in [-0.2, 0) is 0 Å². The normalized spacial score (nSPS) is 19.6. The lowest BCUT2D eigenvalue weighted by molar-refractivity contribution is 0.0962. The van der Waals surface area contributed by atoms with Crippen molar-refractivity contribution in [1.82, 2.24) is 13.9 Å². The largest absolute Gasteiger partial charge is 0.388 e. The summed E-state index contributed by atoms with van der Waals surface area (Å²) in [6, 6.07) is 0.0740. The molecule has 2 aromatic rings. The van der Waals surface area contributed by atoms with Crippen molar-refractivity contribution in [2.75, 3.05) is 0 Å². The van der Waals surface area contributed by atoms with E-state index in [1.807, 2.05) is 29.3 Å². The van der Waals surface area contributed by atoms with Crippen molar-refractivity contribution in [2.24, 2.45) is 0 Å². The predicted molar refractivity (Wildman–Crippen MR) is 62.2 cm³/mol. The molecule has 2 heterocycles. The molecule has 0 aliphatic heterocycles. The average Bonchev–Trinajstić information content (AvgIpc) is 2.80. The molecule has 0 saturated heterocycles. The standard InChI is InChI=1S/C11H13N3OS/c1-8(11(15)2-3-11)14-5-4-12-10(14)9-6-13-16-7-9/h4-8,15H,2-3H2,1H3. The molecule has 0 bridgehead atoms. The third-order valence-corrected chi connectivity index (χ3v) is 3.90. The van der Waals surface area contributed by atoms with Crippen molar-refractivity contribution in [1.29, 1.82) is 0 Å². The van der Waals surface area contributed by atoms with Crippen LogP contribution >= 0.6 is 11.5 Å². The molecule has 3 rings (SSSR count). The van der Waals surface area contributed by atoms with Crippen LogP contribution in [0, 0.1) is 0 Å². The van der Waals surface area contributed by atoms with Crippen LogP contribution in [0.25, 0.3) is 11.4 Å². The van der Waals surface area contributed by atoms with E-state index in [0.717, 1.165) is 24.2 Å². The predicted octanol–water partition coefficient (Wildman–Crippen LogP) is 2.09. The van der Waals surface area contributed by atoms with Gasteiger partial charge in [-0.3, -0.25) is 0 Å². The minimum atomic E-state index is -0.529. The van der Waals surface area contributed by atoms with Crippen molar-refractivity contribution in [3.05, 3.63) is 24.0 Å². The molecule has 1 N–H and O–H groups in total. The van der Waals surface area contributed by atoms with Gasteiger partial charge in [0, 0.05) is 23.3 Å². The van der Waals surface area contributed by atoms with Gasteiger partial charge in [-0.05, 0) is 31.3 Å². The third kappa shape index (κ3) is 1.47. The van der Waals surface area contributed by atoms with E-state index < -0.39 is 5.60 Å². The molecule has 4 nitrogen and oxygen atoms in total. The molecule has 0 radical (unpaired) electrons. The van der Waals surface area contributed by atoms with Crippen molar-refractivity contribution >= 4 is 11.5 Å². The minimum absolute atomic E-state index is 0.0740. The van der Waals surface area contributed by atoms with Gasteiger partial charge in [0.1, 0.15) is 5.82 Å². The summed E-state index contributed by atoms with van der Waals surface area (Å²) >= 11 is 1.42. The van der Waals surface area contributed by atoms with Crippen LogP contribution in [0.5, 0.6) is 0 Å². The van der Waals surface area contributed by atoms with Gasteiger partial charge in [0.2, 0.25) is 0 Å². The van der Waals surface area contributed by atoms with Crippen molar-refractivity contribution in [2.45, 2.75) is 31.4 Å².